The number of nitrogens with zero attached hydrogens (tertiary/aromatic N) is 2. The van der Waals surface area contributed by atoms with Gasteiger partial charge in [0.1, 0.15) is 0 Å². The van der Waals surface area contributed by atoms with E-state index in [0.717, 1.165) is 27.7 Å². The molecule has 0 fully saturated rings. The number of halogens is 2. The Bertz CT molecular complexity index is 1250. The van der Waals surface area contributed by atoms with E-state index in [9.17, 15) is 4.79 Å². The summed E-state index contributed by atoms with van der Waals surface area (Å²) >= 11 is 13.9. The highest BCUT2D eigenvalue weighted by molar-refractivity contribution is 7.13. The van der Waals surface area contributed by atoms with E-state index in [1.54, 1.807) is 0 Å². The molecule has 0 saturated carbocycles. The summed E-state index contributed by atoms with van der Waals surface area (Å²) in [6.07, 6.45) is 2.26. The van der Waals surface area contributed by atoms with Crippen LogP contribution in [0.25, 0.3) is 10.9 Å². The summed E-state index contributed by atoms with van der Waals surface area (Å²) in [6.45, 7) is 6.96. The van der Waals surface area contributed by atoms with Crippen molar-refractivity contribution in [1.82, 2.24) is 9.55 Å². The first-order chi connectivity index (χ1) is 14.7. The van der Waals surface area contributed by atoms with E-state index in [0.29, 0.717) is 21.7 Å². The highest BCUT2D eigenvalue weighted by Crippen LogP contribution is 2.28. The number of rotatable bonds is 5. The van der Waals surface area contributed by atoms with Crippen molar-refractivity contribution < 1.29 is 4.79 Å². The molecule has 0 aliphatic heterocycles. The van der Waals surface area contributed by atoms with Crippen LogP contribution >= 0.6 is 34.5 Å². The molecule has 1 N–H and O–H groups in total. The second-order valence-electron chi connectivity index (χ2n) is 8.59. The minimum Gasteiger partial charge on any atom is -0.343 e. The third-order valence-electron chi connectivity index (χ3n) is 5.04. The van der Waals surface area contributed by atoms with Gasteiger partial charge in [-0.25, -0.2) is 4.98 Å². The Morgan fingerprint density at radius 3 is 2.61 bits per heavy atom. The van der Waals surface area contributed by atoms with E-state index >= 15 is 0 Å². The Kier molecular flexibility index (Phi) is 6.11. The van der Waals surface area contributed by atoms with E-state index in [-0.39, 0.29) is 17.7 Å². The summed E-state index contributed by atoms with van der Waals surface area (Å²) in [6, 6.07) is 13.5. The fraction of sp³-hybridized carbons (Fsp3) is 0.250. The van der Waals surface area contributed by atoms with Crippen LogP contribution in [0.1, 0.15) is 37.6 Å². The van der Waals surface area contributed by atoms with Crippen molar-refractivity contribution in [2.24, 2.45) is 0 Å². The third-order valence-corrected chi connectivity index (χ3v) is 6.27. The summed E-state index contributed by atoms with van der Waals surface area (Å²) < 4.78 is 2.13. The van der Waals surface area contributed by atoms with E-state index in [1.165, 1.54) is 11.3 Å². The van der Waals surface area contributed by atoms with Gasteiger partial charge in [0.05, 0.1) is 12.1 Å². The number of hydrogen-bond acceptors (Lipinski definition) is 3. The Balaban J connectivity index is 1.59. The quantitative estimate of drug-likeness (QED) is 0.342. The van der Waals surface area contributed by atoms with Gasteiger partial charge in [0.25, 0.3) is 0 Å². The Labute approximate surface area is 195 Å². The van der Waals surface area contributed by atoms with E-state index < -0.39 is 0 Å². The van der Waals surface area contributed by atoms with Crippen LogP contribution in [0.2, 0.25) is 10.0 Å². The van der Waals surface area contributed by atoms with Gasteiger partial charge in [0.2, 0.25) is 5.91 Å². The molecule has 4 aromatic rings. The van der Waals surface area contributed by atoms with Gasteiger partial charge < -0.3 is 9.88 Å². The molecule has 0 unspecified atom stereocenters. The summed E-state index contributed by atoms with van der Waals surface area (Å²) in [4.78, 5) is 17.3. The first-order valence-electron chi connectivity index (χ1n) is 9.96. The number of thiazole rings is 1. The van der Waals surface area contributed by atoms with Gasteiger partial charge >= 0.3 is 0 Å². The van der Waals surface area contributed by atoms with Gasteiger partial charge in [0.15, 0.2) is 5.13 Å². The Hall–Kier alpha value is -2.34. The molecule has 0 bridgehead atoms. The molecule has 2 heterocycles. The van der Waals surface area contributed by atoms with Crippen LogP contribution in [0.15, 0.2) is 54.0 Å². The number of anilines is 1. The van der Waals surface area contributed by atoms with Crippen LogP contribution < -0.4 is 5.32 Å². The fourth-order valence-corrected chi connectivity index (χ4v) is 4.80. The molecule has 2 aromatic carbocycles. The standard InChI is InChI=1S/C24H23Cl2N3OS/c1-24(2,3)21-14-31-23(27-21)28-22(30)10-16-13-29(12-15-5-4-6-17(25)9-15)20-8-7-18(26)11-19(16)20/h4-9,11,13-14H,10,12H2,1-3H3,(H,27,28,30). The summed E-state index contributed by atoms with van der Waals surface area (Å²) in [5.41, 5.74) is 3.95. The molecule has 0 atom stereocenters. The Morgan fingerprint density at radius 2 is 1.90 bits per heavy atom. The molecular weight excluding hydrogens is 449 g/mol. The normalized spacial score (nSPS) is 11.8. The molecule has 4 rings (SSSR count). The zero-order chi connectivity index (χ0) is 22.2. The minimum absolute atomic E-state index is 0.0516. The topological polar surface area (TPSA) is 46.9 Å². The number of aromatic nitrogens is 2. The maximum absolute atomic E-state index is 12.8. The maximum Gasteiger partial charge on any atom is 0.230 e. The number of carbonyl (C=O) groups excluding carboxylic acids is 1. The van der Waals surface area contributed by atoms with Crippen LogP contribution in [0, 0.1) is 0 Å². The van der Waals surface area contributed by atoms with Gasteiger partial charge in [-0.3, -0.25) is 4.79 Å². The van der Waals surface area contributed by atoms with Crippen molar-refractivity contribution in [1.29, 1.82) is 0 Å². The van der Waals surface area contributed by atoms with Crippen molar-refractivity contribution in [3.8, 4) is 0 Å². The SMILES string of the molecule is CC(C)(C)c1csc(NC(=O)Cc2cn(Cc3cccc(Cl)c3)c3ccc(Cl)cc23)n1. The first kappa shape index (κ1) is 21.9. The van der Waals surface area contributed by atoms with Crippen LogP contribution in [-0.4, -0.2) is 15.5 Å². The molecule has 0 saturated heterocycles. The van der Waals surface area contributed by atoms with Crippen LogP contribution in [0.4, 0.5) is 5.13 Å². The molecular formula is C24H23Cl2N3OS. The molecule has 4 nitrogen and oxygen atoms in total. The third kappa shape index (κ3) is 5.12. The summed E-state index contributed by atoms with van der Waals surface area (Å²) in [5.74, 6) is -0.100. The first-order valence-corrected chi connectivity index (χ1v) is 11.6. The highest BCUT2D eigenvalue weighted by Gasteiger charge is 2.19. The van der Waals surface area contributed by atoms with Crippen molar-refractivity contribution in [3.05, 3.63) is 80.9 Å². The lowest BCUT2D eigenvalue weighted by Crippen LogP contribution is -2.15. The number of nitrogens with one attached hydrogen (secondary N) is 1. The van der Waals surface area contributed by atoms with Gasteiger partial charge in [-0.15, -0.1) is 11.3 Å². The largest absolute Gasteiger partial charge is 0.343 e. The zero-order valence-corrected chi connectivity index (χ0v) is 19.9. The number of benzene rings is 2. The number of amides is 1. The number of hydrogen-bond donors (Lipinski definition) is 1. The fourth-order valence-electron chi connectivity index (χ4n) is 3.46. The Morgan fingerprint density at radius 1 is 1.13 bits per heavy atom. The molecule has 2 aromatic heterocycles. The molecule has 0 aliphatic rings. The lowest BCUT2D eigenvalue weighted by atomic mass is 9.93. The molecule has 31 heavy (non-hydrogen) atoms. The highest BCUT2D eigenvalue weighted by atomic mass is 35.5. The van der Waals surface area contributed by atoms with E-state index in [4.69, 9.17) is 23.2 Å². The zero-order valence-electron chi connectivity index (χ0n) is 17.6. The van der Waals surface area contributed by atoms with Crippen LogP contribution in [-0.2, 0) is 23.2 Å². The van der Waals surface area contributed by atoms with Gasteiger partial charge in [-0.05, 0) is 41.5 Å². The predicted molar refractivity (Wildman–Crippen MR) is 131 cm³/mol. The van der Waals surface area contributed by atoms with Gasteiger partial charge in [0, 0.05) is 44.5 Å². The lowest BCUT2D eigenvalue weighted by molar-refractivity contribution is -0.115. The number of fused-ring (bicyclic) bond motifs is 1. The second kappa shape index (κ2) is 8.65. The monoisotopic (exact) mass is 471 g/mol. The molecule has 0 radical (unpaired) electrons. The maximum atomic E-state index is 12.8. The molecule has 0 spiro atoms. The smallest absolute Gasteiger partial charge is 0.230 e. The van der Waals surface area contributed by atoms with Gasteiger partial charge in [-0.1, -0.05) is 56.1 Å². The molecule has 160 valence electrons. The average Bonchev–Trinajstić information content (AvgIpc) is 3.27. The van der Waals surface area contributed by atoms with Gasteiger partial charge in [-0.2, -0.15) is 0 Å². The summed E-state index contributed by atoms with van der Waals surface area (Å²) in [5, 5.41) is 7.87. The molecule has 7 heteroatoms. The second-order valence-corrected chi connectivity index (χ2v) is 10.3. The lowest BCUT2D eigenvalue weighted by Gasteiger charge is -2.14. The van der Waals surface area contributed by atoms with Crippen molar-refractivity contribution in [2.45, 2.75) is 39.2 Å². The van der Waals surface area contributed by atoms with Crippen LogP contribution in [0.5, 0.6) is 0 Å². The number of carbonyl (C=O) groups is 1. The molecule has 0 aliphatic carbocycles. The predicted octanol–water partition coefficient (Wildman–Crippen LogP) is 6.93. The minimum atomic E-state index is -0.100. The van der Waals surface area contributed by atoms with E-state index in [2.05, 4.69) is 35.6 Å². The van der Waals surface area contributed by atoms with Crippen molar-refractivity contribution >= 4 is 56.5 Å². The average molecular weight is 472 g/mol. The van der Waals surface area contributed by atoms with Crippen molar-refractivity contribution in [2.75, 3.05) is 5.32 Å². The summed E-state index contributed by atoms with van der Waals surface area (Å²) in [7, 11) is 0. The van der Waals surface area contributed by atoms with Crippen molar-refractivity contribution in [3.63, 3.8) is 0 Å². The van der Waals surface area contributed by atoms with E-state index in [1.807, 2.05) is 54.0 Å². The van der Waals surface area contributed by atoms with Crippen LogP contribution in [0.3, 0.4) is 0 Å². The molecule has 1 amide bonds.